The topological polar surface area (TPSA) is 91.0 Å². The monoisotopic (exact) mass is 353 g/mol. The van der Waals surface area contributed by atoms with E-state index in [9.17, 15) is 8.42 Å². The predicted octanol–water partition coefficient (Wildman–Crippen LogP) is 0.908. The van der Waals surface area contributed by atoms with E-state index in [1.807, 2.05) is 17.8 Å². The number of nitrogens with zero attached hydrogens (tertiary/aromatic N) is 4. The molecule has 1 N–H and O–H groups in total. The van der Waals surface area contributed by atoms with Crippen LogP contribution in [0.2, 0.25) is 0 Å². The van der Waals surface area contributed by atoms with E-state index in [2.05, 4.69) is 14.8 Å². The van der Waals surface area contributed by atoms with Gasteiger partial charge in [0.1, 0.15) is 16.8 Å². The molecule has 2 aromatic heterocycles. The number of nitrogens with one attached hydrogen (secondary N) is 1. The molecule has 8 nitrogen and oxygen atoms in total. The molecule has 3 rings (SSSR count). The number of rotatable bonds is 5. The average Bonchev–Trinajstić information content (AvgIpc) is 3.12. The molecule has 9 heteroatoms. The Bertz CT molecular complexity index is 811. The van der Waals surface area contributed by atoms with Crippen LogP contribution in [-0.4, -0.2) is 40.9 Å². The molecule has 0 saturated carbocycles. The van der Waals surface area contributed by atoms with Crippen molar-refractivity contribution in [2.24, 2.45) is 20.0 Å². The summed E-state index contributed by atoms with van der Waals surface area (Å²) in [6.45, 7) is 2.72. The second-order valence-electron chi connectivity index (χ2n) is 6.16. The Balaban J connectivity index is 1.74. The second kappa shape index (κ2) is 6.66. The highest BCUT2D eigenvalue weighted by Gasteiger charge is 2.32. The minimum Gasteiger partial charge on any atom is -0.370 e. The largest absolute Gasteiger partial charge is 0.370 e. The third-order valence-electron chi connectivity index (χ3n) is 4.57. The fourth-order valence-corrected chi connectivity index (χ4v) is 4.32. The second-order valence-corrected chi connectivity index (χ2v) is 7.90. The van der Waals surface area contributed by atoms with Crippen LogP contribution in [0.5, 0.6) is 0 Å². The molecule has 1 aliphatic rings. The molecule has 1 fully saturated rings. The Morgan fingerprint density at radius 1 is 1.42 bits per heavy atom. The Kier molecular flexibility index (Phi) is 4.75. The van der Waals surface area contributed by atoms with Crippen molar-refractivity contribution in [1.29, 1.82) is 0 Å². The first-order valence-electron chi connectivity index (χ1n) is 7.97. The number of aromatic nitrogens is 4. The molecule has 132 valence electrons. The molecular weight excluding hydrogens is 330 g/mol. The zero-order valence-corrected chi connectivity index (χ0v) is 15.0. The Morgan fingerprint density at radius 3 is 2.83 bits per heavy atom. The molecule has 0 radical (unpaired) electrons. The lowest BCUT2D eigenvalue weighted by molar-refractivity contribution is -0.0328. The highest BCUT2D eigenvalue weighted by atomic mass is 32.2. The van der Waals surface area contributed by atoms with Crippen molar-refractivity contribution in [3.05, 3.63) is 30.1 Å². The highest BCUT2D eigenvalue weighted by molar-refractivity contribution is 7.89. The number of ether oxygens (including phenoxy) is 1. The maximum atomic E-state index is 12.5. The summed E-state index contributed by atoms with van der Waals surface area (Å²) in [6.07, 6.45) is 6.59. The third kappa shape index (κ3) is 3.24. The summed E-state index contributed by atoms with van der Waals surface area (Å²) in [5.74, 6) is 0.878. The van der Waals surface area contributed by atoms with Gasteiger partial charge in [-0.05, 0) is 19.8 Å². The van der Waals surface area contributed by atoms with Gasteiger partial charge >= 0.3 is 0 Å². The van der Waals surface area contributed by atoms with Gasteiger partial charge in [0.2, 0.25) is 10.0 Å². The fourth-order valence-electron chi connectivity index (χ4n) is 3.03. The maximum absolute atomic E-state index is 12.5. The quantitative estimate of drug-likeness (QED) is 0.863. The van der Waals surface area contributed by atoms with E-state index in [1.54, 1.807) is 24.9 Å². The molecule has 0 aromatic carbocycles. The van der Waals surface area contributed by atoms with Gasteiger partial charge in [0.15, 0.2) is 0 Å². The standard InChI is InChI=1S/C15H23N5O3S/c1-11-13(10-17-20(11)3)24(21,22)18-9-12-5-4-8-23-14(12)15-16-6-7-19(15)2/h6-7,10,12,14,18H,4-5,8-9H2,1-3H3/t12-,14+/m0/s1. The van der Waals surface area contributed by atoms with E-state index in [1.165, 1.54) is 6.20 Å². The summed E-state index contributed by atoms with van der Waals surface area (Å²) in [5.41, 5.74) is 0.614. The number of aryl methyl sites for hydroxylation is 2. The first-order chi connectivity index (χ1) is 11.4. The van der Waals surface area contributed by atoms with Crippen molar-refractivity contribution in [3.8, 4) is 0 Å². The molecule has 2 aromatic rings. The summed E-state index contributed by atoms with van der Waals surface area (Å²) in [7, 11) is 0.0519. The average molecular weight is 353 g/mol. The molecule has 24 heavy (non-hydrogen) atoms. The normalized spacial score (nSPS) is 22.0. The van der Waals surface area contributed by atoms with Gasteiger partial charge < -0.3 is 9.30 Å². The fraction of sp³-hybridized carbons (Fsp3) is 0.600. The van der Waals surface area contributed by atoms with Crippen LogP contribution in [0.15, 0.2) is 23.5 Å². The summed E-state index contributed by atoms with van der Waals surface area (Å²) < 4.78 is 37.1. The minimum absolute atomic E-state index is 0.0478. The van der Waals surface area contributed by atoms with Crippen molar-refractivity contribution in [1.82, 2.24) is 24.1 Å². The first-order valence-corrected chi connectivity index (χ1v) is 9.45. The van der Waals surface area contributed by atoms with Gasteiger partial charge in [-0.1, -0.05) is 0 Å². The molecule has 0 unspecified atom stereocenters. The van der Waals surface area contributed by atoms with Gasteiger partial charge in [-0.3, -0.25) is 4.68 Å². The van der Waals surface area contributed by atoms with E-state index in [-0.39, 0.29) is 16.9 Å². The van der Waals surface area contributed by atoms with E-state index in [0.717, 1.165) is 18.7 Å². The summed E-state index contributed by atoms with van der Waals surface area (Å²) >= 11 is 0. The van der Waals surface area contributed by atoms with Crippen LogP contribution >= 0.6 is 0 Å². The summed E-state index contributed by atoms with van der Waals surface area (Å²) in [5, 5.41) is 4.00. The van der Waals surface area contributed by atoms with E-state index >= 15 is 0 Å². The van der Waals surface area contributed by atoms with Gasteiger partial charge in [0, 0.05) is 45.6 Å². The van der Waals surface area contributed by atoms with Crippen molar-refractivity contribution in [3.63, 3.8) is 0 Å². The van der Waals surface area contributed by atoms with Crippen LogP contribution in [0.1, 0.15) is 30.5 Å². The molecule has 0 bridgehead atoms. The van der Waals surface area contributed by atoms with Crippen LogP contribution in [-0.2, 0) is 28.9 Å². The third-order valence-corrected chi connectivity index (χ3v) is 6.10. The molecule has 1 saturated heterocycles. The van der Waals surface area contributed by atoms with Crippen molar-refractivity contribution < 1.29 is 13.2 Å². The Hall–Kier alpha value is -1.71. The van der Waals surface area contributed by atoms with Crippen LogP contribution in [0.3, 0.4) is 0 Å². The SMILES string of the molecule is Cc1c(S(=O)(=O)NC[C@@H]2CCCO[C@H]2c2nccn2C)cnn1C. The van der Waals surface area contributed by atoms with Crippen molar-refractivity contribution in [2.75, 3.05) is 13.2 Å². The van der Waals surface area contributed by atoms with Crippen molar-refractivity contribution >= 4 is 10.0 Å². The van der Waals surface area contributed by atoms with Gasteiger partial charge in [-0.25, -0.2) is 18.1 Å². The van der Waals surface area contributed by atoms with Gasteiger partial charge in [-0.2, -0.15) is 5.10 Å². The number of hydrogen-bond donors (Lipinski definition) is 1. The van der Waals surface area contributed by atoms with E-state index in [0.29, 0.717) is 18.8 Å². The predicted molar refractivity (Wildman–Crippen MR) is 87.8 cm³/mol. The zero-order valence-electron chi connectivity index (χ0n) is 14.1. The molecule has 0 amide bonds. The van der Waals surface area contributed by atoms with Crippen LogP contribution in [0, 0.1) is 12.8 Å². The number of sulfonamides is 1. The zero-order chi connectivity index (χ0) is 17.3. The van der Waals surface area contributed by atoms with Crippen LogP contribution < -0.4 is 4.72 Å². The lowest BCUT2D eigenvalue weighted by atomic mass is 9.94. The first kappa shape index (κ1) is 17.1. The molecule has 0 aliphatic carbocycles. The van der Waals surface area contributed by atoms with Gasteiger partial charge in [0.05, 0.1) is 11.9 Å². The van der Waals surface area contributed by atoms with E-state index < -0.39 is 10.0 Å². The molecular formula is C15H23N5O3S. The minimum atomic E-state index is -3.59. The highest BCUT2D eigenvalue weighted by Crippen LogP contribution is 2.32. The van der Waals surface area contributed by atoms with E-state index in [4.69, 9.17) is 4.74 Å². The van der Waals surface area contributed by atoms with Gasteiger partial charge in [0.25, 0.3) is 0 Å². The van der Waals surface area contributed by atoms with Crippen LogP contribution in [0.4, 0.5) is 0 Å². The smallest absolute Gasteiger partial charge is 0.243 e. The summed E-state index contributed by atoms with van der Waals surface area (Å²) in [4.78, 5) is 4.57. The maximum Gasteiger partial charge on any atom is 0.243 e. The van der Waals surface area contributed by atoms with Gasteiger partial charge in [-0.15, -0.1) is 0 Å². The van der Waals surface area contributed by atoms with Crippen LogP contribution in [0.25, 0.3) is 0 Å². The number of hydrogen-bond acceptors (Lipinski definition) is 5. The Labute approximate surface area is 141 Å². The molecule has 3 heterocycles. The molecule has 1 aliphatic heterocycles. The Morgan fingerprint density at radius 2 is 2.21 bits per heavy atom. The molecule has 0 spiro atoms. The lowest BCUT2D eigenvalue weighted by Crippen LogP contribution is -2.36. The van der Waals surface area contributed by atoms with Crippen molar-refractivity contribution in [2.45, 2.75) is 30.8 Å². The number of imidazole rings is 1. The lowest BCUT2D eigenvalue weighted by Gasteiger charge is -2.31. The summed E-state index contributed by atoms with van der Waals surface area (Å²) in [6, 6.07) is 0. The molecule has 2 atom stereocenters.